The van der Waals surface area contributed by atoms with Gasteiger partial charge in [0.05, 0.1) is 11.6 Å². The summed E-state index contributed by atoms with van der Waals surface area (Å²) in [7, 11) is 0. The molecule has 0 saturated heterocycles. The van der Waals surface area contributed by atoms with Crippen LogP contribution in [0.25, 0.3) is 33.8 Å². The number of aromatic nitrogens is 1. The van der Waals surface area contributed by atoms with E-state index in [9.17, 15) is 0 Å². The number of rotatable bonds is 6. The Hall–Kier alpha value is -5.60. The van der Waals surface area contributed by atoms with E-state index in [2.05, 4.69) is 161 Å². The van der Waals surface area contributed by atoms with Crippen LogP contribution in [-0.4, -0.2) is 10.6 Å². The minimum absolute atomic E-state index is 0.329. The van der Waals surface area contributed by atoms with Gasteiger partial charge >= 0.3 is 0 Å². The first-order chi connectivity index (χ1) is 27.8. The minimum atomic E-state index is 0.329. The zero-order valence-corrected chi connectivity index (χ0v) is 32.3. The zero-order chi connectivity index (χ0) is 37.0. The lowest BCUT2D eigenvalue weighted by Gasteiger charge is -2.33. The molecular formula is C54H50N2. The van der Waals surface area contributed by atoms with E-state index < -0.39 is 0 Å². The van der Waals surface area contributed by atoms with Crippen LogP contribution in [0.1, 0.15) is 86.6 Å². The number of anilines is 1. The Bertz CT molecular complexity index is 2570. The molecule has 276 valence electrons. The summed E-state index contributed by atoms with van der Waals surface area (Å²) in [5.74, 6) is 1.00. The summed E-state index contributed by atoms with van der Waals surface area (Å²) in [5, 5.41) is 1.38. The van der Waals surface area contributed by atoms with Crippen molar-refractivity contribution in [2.75, 3.05) is 4.90 Å². The van der Waals surface area contributed by atoms with Gasteiger partial charge in [0, 0.05) is 39.3 Å². The number of nitrogens with zero attached hydrogens (tertiary/aromatic N) is 2. The van der Waals surface area contributed by atoms with Gasteiger partial charge in [0.25, 0.3) is 0 Å². The highest BCUT2D eigenvalue weighted by Crippen LogP contribution is 2.49. The fourth-order valence-corrected chi connectivity index (χ4v) is 10.6. The highest BCUT2D eigenvalue weighted by molar-refractivity contribution is 6.01. The first-order valence-corrected chi connectivity index (χ1v) is 21.3. The molecule has 2 nitrogen and oxygen atoms in total. The highest BCUT2D eigenvalue weighted by atomic mass is 15.2. The molecule has 2 aromatic carbocycles. The Morgan fingerprint density at radius 1 is 0.589 bits per heavy atom. The van der Waals surface area contributed by atoms with Crippen molar-refractivity contribution in [2.24, 2.45) is 11.8 Å². The van der Waals surface area contributed by atoms with Crippen LogP contribution in [0.2, 0.25) is 0 Å². The Labute approximate surface area is 332 Å². The summed E-state index contributed by atoms with van der Waals surface area (Å²) >= 11 is 0. The molecule has 56 heavy (non-hydrogen) atoms. The molecule has 3 atom stereocenters. The first kappa shape index (κ1) is 33.7. The highest BCUT2D eigenvalue weighted by Gasteiger charge is 2.37. The molecule has 0 bridgehead atoms. The molecule has 0 saturated carbocycles. The van der Waals surface area contributed by atoms with Crippen molar-refractivity contribution < 1.29 is 0 Å². The second-order valence-corrected chi connectivity index (χ2v) is 16.7. The van der Waals surface area contributed by atoms with Crippen molar-refractivity contribution in [3.8, 4) is 0 Å². The van der Waals surface area contributed by atoms with Crippen LogP contribution >= 0.6 is 0 Å². The van der Waals surface area contributed by atoms with E-state index in [-0.39, 0.29) is 0 Å². The molecule has 1 aromatic heterocycles. The van der Waals surface area contributed by atoms with Crippen molar-refractivity contribution in [3.63, 3.8) is 0 Å². The van der Waals surface area contributed by atoms with Gasteiger partial charge in [-0.05, 0) is 158 Å². The largest absolute Gasteiger partial charge is 0.337 e. The third-order valence-corrected chi connectivity index (χ3v) is 13.4. The van der Waals surface area contributed by atoms with Crippen LogP contribution in [0, 0.1) is 11.8 Å². The first-order valence-electron chi connectivity index (χ1n) is 21.3. The van der Waals surface area contributed by atoms with Crippen molar-refractivity contribution in [1.82, 2.24) is 4.57 Å². The fraction of sp³-hybridized carbons (Fsp3) is 0.259. The second-order valence-electron chi connectivity index (χ2n) is 16.7. The minimum Gasteiger partial charge on any atom is -0.337 e. The van der Waals surface area contributed by atoms with E-state index in [1.54, 1.807) is 0 Å². The molecule has 2 heterocycles. The molecule has 7 aliphatic carbocycles. The molecule has 0 radical (unpaired) electrons. The summed E-state index contributed by atoms with van der Waals surface area (Å²) < 4.78 is 2.67. The molecule has 11 rings (SSSR count). The Morgan fingerprint density at radius 3 is 2.25 bits per heavy atom. The maximum Gasteiger partial charge on any atom is 0.0630 e. The summed E-state index contributed by atoms with van der Waals surface area (Å²) in [5.41, 5.74) is 19.6. The summed E-state index contributed by atoms with van der Waals surface area (Å²) in [6.45, 7) is 0. The number of fused-ring (bicyclic) bond motifs is 6. The Balaban J connectivity index is 0.961. The lowest BCUT2D eigenvalue weighted by molar-refractivity contribution is 0.475. The number of hydrogen-bond donors (Lipinski definition) is 0. The lowest BCUT2D eigenvalue weighted by atomic mass is 9.78. The topological polar surface area (TPSA) is 8.17 Å². The Kier molecular flexibility index (Phi) is 8.53. The smallest absolute Gasteiger partial charge is 0.0630 e. The van der Waals surface area contributed by atoms with Gasteiger partial charge in [-0.3, -0.25) is 0 Å². The molecule has 0 fully saturated rings. The molecule has 2 heteroatoms. The second kappa shape index (κ2) is 14.2. The quantitative estimate of drug-likeness (QED) is 0.246. The maximum atomic E-state index is 2.67. The number of allylic oxidation sites excluding steroid dienone is 23. The van der Waals surface area contributed by atoms with E-state index >= 15 is 0 Å². The van der Waals surface area contributed by atoms with Crippen molar-refractivity contribution in [1.29, 1.82) is 0 Å². The van der Waals surface area contributed by atoms with Crippen molar-refractivity contribution in [2.45, 2.75) is 76.7 Å². The van der Waals surface area contributed by atoms with Crippen LogP contribution in [0.5, 0.6) is 0 Å². The SMILES string of the molecule is C1=CCC(C2C=C(C3=CCCC=C3)C=C(n3c4c(c5cc(C6=CCC7C(=C6)c6ccccc6N7C6=CC(C7=CCCC=C7)=CCC6)ccc53)C=CCC4)C2)C=C1. The monoisotopic (exact) mass is 726 g/mol. The van der Waals surface area contributed by atoms with Gasteiger partial charge in [-0.25, -0.2) is 0 Å². The molecule has 1 aliphatic heterocycles. The number of benzene rings is 2. The van der Waals surface area contributed by atoms with Gasteiger partial charge in [0.2, 0.25) is 0 Å². The van der Waals surface area contributed by atoms with Gasteiger partial charge in [0.1, 0.15) is 0 Å². The van der Waals surface area contributed by atoms with Crippen LogP contribution in [-0.2, 0) is 6.42 Å². The van der Waals surface area contributed by atoms with Crippen molar-refractivity contribution >= 4 is 39.5 Å². The summed E-state index contributed by atoms with van der Waals surface area (Å²) in [6.07, 6.45) is 55.4. The van der Waals surface area contributed by atoms with Gasteiger partial charge in [-0.2, -0.15) is 0 Å². The average molecular weight is 727 g/mol. The normalized spacial score (nSPS) is 25.0. The molecule has 3 unspecified atom stereocenters. The van der Waals surface area contributed by atoms with Gasteiger partial charge in [-0.1, -0.05) is 115 Å². The molecule has 8 aliphatic rings. The van der Waals surface area contributed by atoms with Crippen LogP contribution in [0.15, 0.2) is 174 Å². The standard InChI is InChI=1S/C54H50N2/c1-4-15-37(16-5-1)40-21-14-22-45(32-40)55-51-25-12-10-23-47(51)49-35-41(27-29-53(49)55)42-28-30-54-50(36-42)48-24-11-13-26-52(48)56(54)46-33-43(38-17-6-2-7-18-38)31-44(34-46)39-19-8-3-9-20-39/h2,4,6-8,10-12,15-17,19-21,23-25,27-28,30-32,34-36,38,43,53H,1,3,5,9,13-14,18,22,26,29,33H2. The van der Waals surface area contributed by atoms with E-state index in [0.29, 0.717) is 17.9 Å². The van der Waals surface area contributed by atoms with Crippen LogP contribution in [0.4, 0.5) is 5.69 Å². The van der Waals surface area contributed by atoms with E-state index in [4.69, 9.17) is 0 Å². The number of hydrogen-bond acceptors (Lipinski definition) is 1. The predicted molar refractivity (Wildman–Crippen MR) is 238 cm³/mol. The molecule has 0 amide bonds. The maximum absolute atomic E-state index is 2.67. The Morgan fingerprint density at radius 2 is 1.41 bits per heavy atom. The third kappa shape index (κ3) is 5.84. The fourth-order valence-electron chi connectivity index (χ4n) is 10.6. The van der Waals surface area contributed by atoms with Crippen LogP contribution < -0.4 is 4.90 Å². The van der Waals surface area contributed by atoms with E-state index in [1.165, 1.54) is 83.8 Å². The zero-order valence-electron chi connectivity index (χ0n) is 32.3. The third-order valence-electron chi connectivity index (χ3n) is 13.4. The van der Waals surface area contributed by atoms with E-state index in [1.807, 2.05) is 0 Å². The van der Waals surface area contributed by atoms with E-state index in [0.717, 1.165) is 70.6 Å². The van der Waals surface area contributed by atoms with Gasteiger partial charge in [0.15, 0.2) is 0 Å². The summed E-state index contributed by atoms with van der Waals surface area (Å²) in [4.78, 5) is 2.67. The lowest BCUT2D eigenvalue weighted by Crippen LogP contribution is -2.32. The average Bonchev–Trinajstić information content (AvgIpc) is 3.79. The predicted octanol–water partition coefficient (Wildman–Crippen LogP) is 13.7. The molecular weight excluding hydrogens is 677 g/mol. The molecule has 0 N–H and O–H groups in total. The van der Waals surface area contributed by atoms with Gasteiger partial charge < -0.3 is 9.47 Å². The van der Waals surface area contributed by atoms with Crippen molar-refractivity contribution in [3.05, 3.63) is 196 Å². The van der Waals surface area contributed by atoms with Gasteiger partial charge in [-0.15, -0.1) is 0 Å². The molecule has 0 spiro atoms. The van der Waals surface area contributed by atoms with Crippen LogP contribution in [0.3, 0.4) is 0 Å². The molecule has 3 aromatic rings. The number of para-hydroxylation sites is 1. The summed E-state index contributed by atoms with van der Waals surface area (Å²) in [6, 6.07) is 16.8.